The second kappa shape index (κ2) is 4.66. The second-order valence-electron chi connectivity index (χ2n) is 4.27. The molecular weight excluding hydrogens is 282 g/mol. The molecule has 0 aliphatic carbocycles. The van der Waals surface area contributed by atoms with Crippen LogP contribution in [0, 0.1) is 6.92 Å². The molecule has 2 aromatic heterocycles. The summed E-state index contributed by atoms with van der Waals surface area (Å²) in [6.45, 7) is 4.71. The monoisotopic (exact) mass is 297 g/mol. The lowest BCUT2D eigenvalue weighted by atomic mass is 10.1. The van der Waals surface area contributed by atoms with E-state index in [1.165, 1.54) is 0 Å². The minimum Gasteiger partial charge on any atom is -0.384 e. The van der Waals surface area contributed by atoms with Crippen LogP contribution in [-0.2, 0) is 4.74 Å². The van der Waals surface area contributed by atoms with Gasteiger partial charge in [0.2, 0.25) is 0 Å². The lowest BCUT2D eigenvalue weighted by molar-refractivity contribution is 0.183. The number of nitrogen functional groups attached to an aromatic ring is 1. The Bertz CT molecular complexity index is 550. The molecular formula is C12H16BrN3O. The van der Waals surface area contributed by atoms with Crippen LogP contribution in [0.15, 0.2) is 16.7 Å². The van der Waals surface area contributed by atoms with Gasteiger partial charge in [0, 0.05) is 23.7 Å². The molecule has 92 valence electrons. The highest BCUT2D eigenvalue weighted by molar-refractivity contribution is 9.10. The molecule has 0 amide bonds. The van der Waals surface area contributed by atoms with Crippen molar-refractivity contribution in [2.24, 2.45) is 0 Å². The summed E-state index contributed by atoms with van der Waals surface area (Å²) >= 11 is 3.50. The maximum atomic E-state index is 6.11. The summed E-state index contributed by atoms with van der Waals surface area (Å²) in [7, 11) is 1.68. The maximum Gasteiger partial charge on any atom is 0.139 e. The molecule has 2 rings (SSSR count). The van der Waals surface area contributed by atoms with Crippen molar-refractivity contribution in [3.63, 3.8) is 0 Å². The number of hydrogen-bond acceptors (Lipinski definition) is 3. The molecule has 5 heteroatoms. The van der Waals surface area contributed by atoms with Gasteiger partial charge in [0.15, 0.2) is 0 Å². The third kappa shape index (κ3) is 2.17. The van der Waals surface area contributed by atoms with Gasteiger partial charge in [-0.05, 0) is 34.5 Å². The summed E-state index contributed by atoms with van der Waals surface area (Å²) in [4.78, 5) is 4.57. The summed E-state index contributed by atoms with van der Waals surface area (Å²) in [6.07, 6.45) is 1.95. The van der Waals surface area contributed by atoms with Crippen LogP contribution < -0.4 is 5.73 Å². The van der Waals surface area contributed by atoms with Crippen LogP contribution in [0.25, 0.3) is 5.65 Å². The molecule has 0 spiro atoms. The van der Waals surface area contributed by atoms with Crippen LogP contribution in [0.3, 0.4) is 0 Å². The molecule has 0 bridgehead atoms. The standard InChI is InChI=1S/C12H16BrN3O/c1-7-4-10-15-11(8(2)6-17-3)12(14)16(10)5-9(7)13/h4-5,8H,6,14H2,1-3H3. The van der Waals surface area contributed by atoms with Gasteiger partial charge in [-0.2, -0.15) is 0 Å². The van der Waals surface area contributed by atoms with E-state index in [1.807, 2.05) is 23.6 Å². The first-order valence-electron chi connectivity index (χ1n) is 5.47. The summed E-state index contributed by atoms with van der Waals surface area (Å²) in [5.74, 6) is 0.879. The third-order valence-electron chi connectivity index (χ3n) is 2.85. The van der Waals surface area contributed by atoms with E-state index in [-0.39, 0.29) is 5.92 Å². The van der Waals surface area contributed by atoms with Crippen LogP contribution in [0.4, 0.5) is 5.82 Å². The van der Waals surface area contributed by atoms with E-state index < -0.39 is 0 Å². The lowest BCUT2D eigenvalue weighted by Gasteiger charge is -2.07. The average Bonchev–Trinajstić information content (AvgIpc) is 2.58. The highest BCUT2D eigenvalue weighted by Crippen LogP contribution is 2.26. The molecule has 17 heavy (non-hydrogen) atoms. The number of aromatic nitrogens is 2. The molecule has 0 fully saturated rings. The minimum atomic E-state index is 0.194. The van der Waals surface area contributed by atoms with Gasteiger partial charge in [0.1, 0.15) is 11.5 Å². The number of ether oxygens (including phenoxy) is 1. The zero-order valence-electron chi connectivity index (χ0n) is 10.2. The smallest absolute Gasteiger partial charge is 0.139 e. The van der Waals surface area contributed by atoms with E-state index in [4.69, 9.17) is 10.5 Å². The fourth-order valence-electron chi connectivity index (χ4n) is 1.89. The Kier molecular flexibility index (Phi) is 3.40. The number of rotatable bonds is 3. The molecule has 0 radical (unpaired) electrons. The Labute approximate surface area is 109 Å². The van der Waals surface area contributed by atoms with E-state index in [0.29, 0.717) is 12.4 Å². The highest BCUT2D eigenvalue weighted by atomic mass is 79.9. The fourth-order valence-corrected chi connectivity index (χ4v) is 2.21. The topological polar surface area (TPSA) is 52.5 Å². The van der Waals surface area contributed by atoms with Crippen LogP contribution in [-0.4, -0.2) is 23.1 Å². The molecule has 0 aromatic carbocycles. The summed E-state index contributed by atoms with van der Waals surface area (Å²) in [5, 5.41) is 0. The lowest BCUT2D eigenvalue weighted by Crippen LogP contribution is -2.05. The number of aryl methyl sites for hydroxylation is 1. The van der Waals surface area contributed by atoms with Crippen molar-refractivity contribution >= 4 is 27.4 Å². The first-order valence-corrected chi connectivity index (χ1v) is 6.26. The quantitative estimate of drug-likeness (QED) is 0.948. The highest BCUT2D eigenvalue weighted by Gasteiger charge is 2.16. The third-order valence-corrected chi connectivity index (χ3v) is 3.68. The zero-order chi connectivity index (χ0) is 12.6. The average molecular weight is 298 g/mol. The second-order valence-corrected chi connectivity index (χ2v) is 5.13. The van der Waals surface area contributed by atoms with E-state index in [2.05, 4.69) is 27.8 Å². The molecule has 1 unspecified atom stereocenters. The number of nitrogens with two attached hydrogens (primary N) is 1. The molecule has 2 heterocycles. The predicted molar refractivity (Wildman–Crippen MR) is 72.3 cm³/mol. The van der Waals surface area contributed by atoms with Crippen molar-refractivity contribution in [1.82, 2.24) is 9.38 Å². The van der Waals surface area contributed by atoms with Crippen LogP contribution in [0.1, 0.15) is 24.1 Å². The van der Waals surface area contributed by atoms with Gasteiger partial charge < -0.3 is 10.5 Å². The van der Waals surface area contributed by atoms with Crippen molar-refractivity contribution in [3.05, 3.63) is 28.0 Å². The Hall–Kier alpha value is -1.07. The molecule has 2 aromatic rings. The normalized spacial score (nSPS) is 13.2. The SMILES string of the molecule is COCC(C)c1nc2cc(C)c(Br)cn2c1N. The van der Waals surface area contributed by atoms with Gasteiger partial charge >= 0.3 is 0 Å². The van der Waals surface area contributed by atoms with Gasteiger partial charge in [-0.15, -0.1) is 0 Å². The molecule has 1 atom stereocenters. The fraction of sp³-hybridized carbons (Fsp3) is 0.417. The number of fused-ring (bicyclic) bond motifs is 1. The first-order chi connectivity index (χ1) is 8.04. The van der Waals surface area contributed by atoms with Gasteiger partial charge in [0.25, 0.3) is 0 Å². The Morgan fingerprint density at radius 3 is 2.94 bits per heavy atom. The molecule has 0 saturated heterocycles. The van der Waals surface area contributed by atoms with Gasteiger partial charge in [-0.1, -0.05) is 6.92 Å². The number of imidazole rings is 1. The van der Waals surface area contributed by atoms with Crippen molar-refractivity contribution in [2.75, 3.05) is 19.5 Å². The molecule has 0 saturated carbocycles. The number of anilines is 1. The summed E-state index contributed by atoms with van der Waals surface area (Å²) in [6, 6.07) is 2.02. The van der Waals surface area contributed by atoms with Crippen LogP contribution in [0.5, 0.6) is 0 Å². The zero-order valence-corrected chi connectivity index (χ0v) is 11.8. The van der Waals surface area contributed by atoms with Crippen LogP contribution >= 0.6 is 15.9 Å². The molecule has 2 N–H and O–H groups in total. The minimum absolute atomic E-state index is 0.194. The molecule has 0 aliphatic rings. The van der Waals surface area contributed by atoms with Crippen molar-refractivity contribution in [2.45, 2.75) is 19.8 Å². The van der Waals surface area contributed by atoms with E-state index in [0.717, 1.165) is 21.4 Å². The first kappa shape index (κ1) is 12.4. The maximum absolute atomic E-state index is 6.11. The Morgan fingerprint density at radius 1 is 1.59 bits per heavy atom. The van der Waals surface area contributed by atoms with E-state index in [1.54, 1.807) is 7.11 Å². The number of pyridine rings is 1. The summed E-state index contributed by atoms with van der Waals surface area (Å²) < 4.78 is 8.07. The van der Waals surface area contributed by atoms with E-state index >= 15 is 0 Å². The largest absolute Gasteiger partial charge is 0.384 e. The number of nitrogens with zero attached hydrogens (tertiary/aromatic N) is 2. The molecule has 0 aliphatic heterocycles. The van der Waals surface area contributed by atoms with Gasteiger partial charge in [-0.3, -0.25) is 4.40 Å². The van der Waals surface area contributed by atoms with Crippen molar-refractivity contribution in [3.8, 4) is 0 Å². The number of methoxy groups -OCH3 is 1. The predicted octanol–water partition coefficient (Wildman–Crippen LogP) is 2.74. The van der Waals surface area contributed by atoms with E-state index in [9.17, 15) is 0 Å². The van der Waals surface area contributed by atoms with Gasteiger partial charge in [-0.25, -0.2) is 4.98 Å². The Balaban J connectivity index is 2.56. The van der Waals surface area contributed by atoms with Gasteiger partial charge in [0.05, 0.1) is 12.3 Å². The number of hydrogen-bond donors (Lipinski definition) is 1. The molecule has 4 nitrogen and oxygen atoms in total. The number of halogens is 1. The van der Waals surface area contributed by atoms with Crippen molar-refractivity contribution < 1.29 is 4.74 Å². The Morgan fingerprint density at radius 2 is 2.29 bits per heavy atom. The van der Waals surface area contributed by atoms with Crippen LogP contribution in [0.2, 0.25) is 0 Å². The van der Waals surface area contributed by atoms with Crippen molar-refractivity contribution in [1.29, 1.82) is 0 Å². The summed E-state index contributed by atoms with van der Waals surface area (Å²) in [5.41, 5.74) is 9.03.